The van der Waals surface area contributed by atoms with Gasteiger partial charge >= 0.3 is 0 Å². The van der Waals surface area contributed by atoms with E-state index in [2.05, 4.69) is 32.7 Å². The van der Waals surface area contributed by atoms with Crippen molar-refractivity contribution in [3.8, 4) is 0 Å². The zero-order valence-corrected chi connectivity index (χ0v) is 10.3. The summed E-state index contributed by atoms with van der Waals surface area (Å²) in [4.78, 5) is 15.6. The van der Waals surface area contributed by atoms with Crippen LogP contribution in [0, 0.1) is 11.8 Å². The van der Waals surface area contributed by atoms with Gasteiger partial charge in [0.15, 0.2) is 5.15 Å². The van der Waals surface area contributed by atoms with E-state index in [9.17, 15) is 4.79 Å². The Morgan fingerprint density at radius 3 is 2.27 bits per heavy atom. The molecule has 0 N–H and O–H groups in total. The predicted octanol–water partition coefficient (Wildman–Crippen LogP) is 2.75. The molecule has 1 heterocycles. The Kier molecular flexibility index (Phi) is 3.91. The van der Waals surface area contributed by atoms with E-state index in [1.165, 1.54) is 0 Å². The van der Waals surface area contributed by atoms with Crippen LogP contribution in [-0.4, -0.2) is 9.55 Å². The Bertz CT molecular complexity index is 376. The van der Waals surface area contributed by atoms with Crippen LogP contribution >= 0.6 is 11.6 Å². The van der Waals surface area contributed by atoms with E-state index in [4.69, 9.17) is 11.6 Å². The molecule has 0 bridgehead atoms. The standard InChI is InChI=1S/C11H17ClN2O/c1-7(2)9(8(3)4)14-6-5-13-10(12)11(14)15/h5-9H,1-4H3. The molecule has 0 radical (unpaired) electrons. The van der Waals surface area contributed by atoms with E-state index < -0.39 is 0 Å². The van der Waals surface area contributed by atoms with Crippen molar-refractivity contribution in [2.45, 2.75) is 33.7 Å². The third kappa shape index (κ3) is 2.59. The van der Waals surface area contributed by atoms with Crippen molar-refractivity contribution in [3.05, 3.63) is 27.9 Å². The molecule has 0 saturated carbocycles. The Hall–Kier alpha value is -0.830. The molecule has 1 aromatic heterocycles. The average Bonchev–Trinajstić information content (AvgIpc) is 2.11. The lowest BCUT2D eigenvalue weighted by atomic mass is 9.93. The molecule has 0 amide bonds. The Balaban J connectivity index is 3.24. The van der Waals surface area contributed by atoms with E-state index in [0.29, 0.717) is 11.8 Å². The lowest BCUT2D eigenvalue weighted by molar-refractivity contribution is 0.280. The van der Waals surface area contributed by atoms with Gasteiger partial charge in [-0.15, -0.1) is 0 Å². The molecule has 0 atom stereocenters. The van der Waals surface area contributed by atoms with Gasteiger partial charge in [0.1, 0.15) is 0 Å². The third-order valence-corrected chi connectivity index (χ3v) is 2.77. The Morgan fingerprint density at radius 2 is 1.80 bits per heavy atom. The van der Waals surface area contributed by atoms with E-state index in [1.807, 2.05) is 0 Å². The maximum absolute atomic E-state index is 11.8. The van der Waals surface area contributed by atoms with Crippen molar-refractivity contribution in [1.82, 2.24) is 9.55 Å². The van der Waals surface area contributed by atoms with Crippen molar-refractivity contribution in [1.29, 1.82) is 0 Å². The monoisotopic (exact) mass is 228 g/mol. The summed E-state index contributed by atoms with van der Waals surface area (Å²) in [5, 5.41) is 0.0452. The van der Waals surface area contributed by atoms with Gasteiger partial charge in [0, 0.05) is 18.4 Å². The van der Waals surface area contributed by atoms with Crippen molar-refractivity contribution >= 4 is 11.6 Å². The van der Waals surface area contributed by atoms with Crippen LogP contribution in [0.1, 0.15) is 33.7 Å². The van der Waals surface area contributed by atoms with Gasteiger partial charge in [0.25, 0.3) is 5.56 Å². The van der Waals surface area contributed by atoms with Gasteiger partial charge in [0.2, 0.25) is 0 Å². The maximum Gasteiger partial charge on any atom is 0.288 e. The second kappa shape index (κ2) is 4.79. The fourth-order valence-electron chi connectivity index (χ4n) is 2.05. The Labute approximate surface area is 95.1 Å². The fraction of sp³-hybridized carbons (Fsp3) is 0.636. The van der Waals surface area contributed by atoms with Crippen LogP contribution in [0.3, 0.4) is 0 Å². The topological polar surface area (TPSA) is 34.9 Å². The highest BCUT2D eigenvalue weighted by Crippen LogP contribution is 2.24. The molecule has 3 nitrogen and oxygen atoms in total. The van der Waals surface area contributed by atoms with Gasteiger partial charge in [-0.1, -0.05) is 39.3 Å². The quantitative estimate of drug-likeness (QED) is 0.798. The summed E-state index contributed by atoms with van der Waals surface area (Å²) >= 11 is 5.72. The highest BCUT2D eigenvalue weighted by Gasteiger charge is 2.21. The first kappa shape index (κ1) is 12.2. The van der Waals surface area contributed by atoms with E-state index in [0.717, 1.165) is 0 Å². The fourth-order valence-corrected chi connectivity index (χ4v) is 2.20. The molecule has 84 valence electrons. The molecule has 0 aliphatic carbocycles. The van der Waals surface area contributed by atoms with E-state index >= 15 is 0 Å². The lowest BCUT2D eigenvalue weighted by Gasteiger charge is -2.26. The summed E-state index contributed by atoms with van der Waals surface area (Å²) in [7, 11) is 0. The summed E-state index contributed by atoms with van der Waals surface area (Å²) in [6.07, 6.45) is 3.28. The zero-order chi connectivity index (χ0) is 11.6. The molecule has 0 unspecified atom stereocenters. The SMILES string of the molecule is CC(C)C(C(C)C)n1ccnc(Cl)c1=O. The van der Waals surface area contributed by atoms with Crippen LogP contribution in [0.2, 0.25) is 5.15 Å². The van der Waals surface area contributed by atoms with Crippen molar-refractivity contribution < 1.29 is 0 Å². The van der Waals surface area contributed by atoms with Gasteiger partial charge in [-0.05, 0) is 11.8 Å². The van der Waals surface area contributed by atoms with Gasteiger partial charge in [-0.3, -0.25) is 4.79 Å². The number of hydrogen-bond donors (Lipinski definition) is 0. The second-order valence-corrected chi connectivity index (χ2v) is 4.77. The van der Waals surface area contributed by atoms with Gasteiger partial charge in [-0.25, -0.2) is 4.98 Å². The number of aromatic nitrogens is 2. The van der Waals surface area contributed by atoms with E-state index in [1.54, 1.807) is 17.0 Å². The first-order chi connectivity index (χ1) is 6.95. The van der Waals surface area contributed by atoms with Crippen LogP contribution in [0.4, 0.5) is 0 Å². The largest absolute Gasteiger partial charge is 0.308 e. The van der Waals surface area contributed by atoms with Crippen molar-refractivity contribution in [2.75, 3.05) is 0 Å². The molecule has 0 aliphatic heterocycles. The maximum atomic E-state index is 11.8. The minimum atomic E-state index is -0.202. The molecule has 0 aliphatic rings. The highest BCUT2D eigenvalue weighted by atomic mass is 35.5. The number of rotatable bonds is 3. The number of nitrogens with zero attached hydrogens (tertiary/aromatic N) is 2. The second-order valence-electron chi connectivity index (χ2n) is 4.41. The average molecular weight is 229 g/mol. The van der Waals surface area contributed by atoms with Crippen LogP contribution in [-0.2, 0) is 0 Å². The molecule has 0 fully saturated rings. The third-order valence-electron chi connectivity index (χ3n) is 2.51. The lowest BCUT2D eigenvalue weighted by Crippen LogP contribution is -2.31. The Morgan fingerprint density at radius 1 is 1.27 bits per heavy atom. The summed E-state index contributed by atoms with van der Waals surface area (Å²) in [6, 6.07) is 0.165. The van der Waals surface area contributed by atoms with Crippen LogP contribution in [0.15, 0.2) is 17.2 Å². The zero-order valence-electron chi connectivity index (χ0n) is 9.57. The molecular weight excluding hydrogens is 212 g/mol. The first-order valence-corrected chi connectivity index (χ1v) is 5.55. The number of halogens is 1. The summed E-state index contributed by atoms with van der Waals surface area (Å²) in [5.74, 6) is 0.780. The molecule has 1 aromatic rings. The van der Waals surface area contributed by atoms with Gasteiger partial charge in [0.05, 0.1) is 0 Å². The number of hydrogen-bond acceptors (Lipinski definition) is 2. The van der Waals surface area contributed by atoms with Crippen LogP contribution in [0.5, 0.6) is 0 Å². The molecule has 15 heavy (non-hydrogen) atoms. The van der Waals surface area contributed by atoms with Crippen LogP contribution < -0.4 is 5.56 Å². The molecule has 0 aromatic carbocycles. The molecule has 1 rings (SSSR count). The van der Waals surface area contributed by atoms with Crippen molar-refractivity contribution in [3.63, 3.8) is 0 Å². The van der Waals surface area contributed by atoms with Crippen LogP contribution in [0.25, 0.3) is 0 Å². The smallest absolute Gasteiger partial charge is 0.288 e. The van der Waals surface area contributed by atoms with Gasteiger partial charge < -0.3 is 4.57 Å². The predicted molar refractivity (Wildman–Crippen MR) is 62.2 cm³/mol. The first-order valence-electron chi connectivity index (χ1n) is 5.17. The normalized spacial score (nSPS) is 11.7. The summed E-state index contributed by atoms with van der Waals surface area (Å²) < 4.78 is 1.69. The van der Waals surface area contributed by atoms with Crippen molar-refractivity contribution in [2.24, 2.45) is 11.8 Å². The minimum Gasteiger partial charge on any atom is -0.308 e. The minimum absolute atomic E-state index is 0.0452. The molecule has 0 saturated heterocycles. The highest BCUT2D eigenvalue weighted by molar-refractivity contribution is 6.29. The molecule has 0 spiro atoms. The molecular formula is C11H17ClN2O. The summed E-state index contributed by atoms with van der Waals surface area (Å²) in [5.41, 5.74) is -0.202. The molecule has 4 heteroatoms. The van der Waals surface area contributed by atoms with Gasteiger partial charge in [-0.2, -0.15) is 0 Å². The van der Waals surface area contributed by atoms with E-state index in [-0.39, 0.29) is 16.8 Å². The summed E-state index contributed by atoms with van der Waals surface area (Å²) in [6.45, 7) is 8.41.